The van der Waals surface area contributed by atoms with Crippen molar-refractivity contribution in [3.63, 3.8) is 0 Å². The molecule has 2 saturated heterocycles. The third-order valence-electron chi connectivity index (χ3n) is 5.49. The molecule has 0 bridgehead atoms. The molecule has 6 heteroatoms. The molecule has 0 radical (unpaired) electrons. The summed E-state index contributed by atoms with van der Waals surface area (Å²) in [6.45, 7) is 6.21. The van der Waals surface area contributed by atoms with Crippen molar-refractivity contribution in [3.8, 4) is 0 Å². The molecule has 1 aromatic heterocycles. The quantitative estimate of drug-likeness (QED) is 0.776. The number of nitrogens with zero attached hydrogens (tertiary/aromatic N) is 3. The van der Waals surface area contributed by atoms with Crippen LogP contribution in [0.4, 0.5) is 4.39 Å². The van der Waals surface area contributed by atoms with E-state index < -0.39 is 0 Å². The zero-order valence-electron chi connectivity index (χ0n) is 15.1. The predicted molar refractivity (Wildman–Crippen MR) is 107 cm³/mol. The Labute approximate surface area is 167 Å². The minimum Gasteiger partial charge on any atom is -0.299 e. The number of rotatable bonds is 3. The van der Waals surface area contributed by atoms with Crippen LogP contribution in [0.1, 0.15) is 23.0 Å². The first kappa shape index (κ1) is 21.1. The van der Waals surface area contributed by atoms with E-state index in [0.717, 1.165) is 43.1 Å². The summed E-state index contributed by atoms with van der Waals surface area (Å²) in [5.41, 5.74) is 3.33. The molecule has 2 aromatic rings. The summed E-state index contributed by atoms with van der Waals surface area (Å²) >= 11 is 0. The maximum Gasteiger partial charge on any atom is 0.123 e. The van der Waals surface area contributed by atoms with Crippen LogP contribution in [0.15, 0.2) is 42.5 Å². The van der Waals surface area contributed by atoms with E-state index in [4.69, 9.17) is 0 Å². The molecule has 0 saturated carbocycles. The van der Waals surface area contributed by atoms with E-state index >= 15 is 0 Å². The van der Waals surface area contributed by atoms with Gasteiger partial charge in [0.2, 0.25) is 0 Å². The average Bonchev–Trinajstić information content (AvgIpc) is 3.02. The Balaban J connectivity index is 0.00000121. The lowest BCUT2D eigenvalue weighted by Crippen LogP contribution is -2.29. The Bertz CT molecular complexity index is 743. The highest BCUT2D eigenvalue weighted by atomic mass is 35.5. The van der Waals surface area contributed by atoms with Gasteiger partial charge in [-0.1, -0.05) is 18.2 Å². The fourth-order valence-electron chi connectivity index (χ4n) is 4.59. The number of hydrogen-bond acceptors (Lipinski definition) is 3. The van der Waals surface area contributed by atoms with Crippen LogP contribution in [0.3, 0.4) is 0 Å². The first-order chi connectivity index (χ1) is 11.6. The molecule has 3 heterocycles. The van der Waals surface area contributed by atoms with Gasteiger partial charge in [0, 0.05) is 37.9 Å². The molecule has 0 aliphatic carbocycles. The monoisotopic (exact) mass is 397 g/mol. The van der Waals surface area contributed by atoms with Crippen molar-refractivity contribution in [1.82, 2.24) is 14.8 Å². The summed E-state index contributed by atoms with van der Waals surface area (Å²) in [6, 6.07) is 13.7. The number of aromatic nitrogens is 1. The van der Waals surface area contributed by atoms with E-state index in [2.05, 4.69) is 40.0 Å². The van der Waals surface area contributed by atoms with Gasteiger partial charge < -0.3 is 0 Å². The normalized spacial score (nSPS) is 25.4. The number of fused-ring (bicyclic) bond motifs is 1. The molecular weight excluding hydrogens is 372 g/mol. The topological polar surface area (TPSA) is 19.4 Å². The van der Waals surface area contributed by atoms with Gasteiger partial charge >= 0.3 is 0 Å². The van der Waals surface area contributed by atoms with Crippen LogP contribution in [0.5, 0.6) is 0 Å². The maximum atomic E-state index is 13.7. The summed E-state index contributed by atoms with van der Waals surface area (Å²) in [7, 11) is 2.17. The molecular formula is C20H26Cl2FN3. The van der Waals surface area contributed by atoms with Gasteiger partial charge in [-0.2, -0.15) is 0 Å². The zero-order chi connectivity index (χ0) is 16.7. The summed E-state index contributed by atoms with van der Waals surface area (Å²) in [6.07, 6.45) is 0. The van der Waals surface area contributed by atoms with Crippen LogP contribution in [0.25, 0.3) is 0 Å². The first-order valence-electron chi connectivity index (χ1n) is 8.71. The minimum atomic E-state index is -0.136. The van der Waals surface area contributed by atoms with Gasteiger partial charge in [-0.05, 0) is 55.6 Å². The average molecular weight is 398 g/mol. The molecule has 3 atom stereocenters. The second kappa shape index (κ2) is 8.66. The molecule has 3 nitrogen and oxygen atoms in total. The lowest BCUT2D eigenvalue weighted by atomic mass is 9.89. The predicted octanol–water partition coefficient (Wildman–Crippen LogP) is 4.11. The number of benzene rings is 1. The summed E-state index contributed by atoms with van der Waals surface area (Å²) in [5, 5.41) is 0. The number of hydrogen-bond donors (Lipinski definition) is 0. The van der Waals surface area contributed by atoms with E-state index in [9.17, 15) is 4.39 Å². The van der Waals surface area contributed by atoms with Crippen molar-refractivity contribution in [1.29, 1.82) is 0 Å². The highest BCUT2D eigenvalue weighted by Crippen LogP contribution is 2.44. The molecule has 2 fully saturated rings. The lowest BCUT2D eigenvalue weighted by Gasteiger charge is -2.26. The highest BCUT2D eigenvalue weighted by Gasteiger charge is 2.46. The van der Waals surface area contributed by atoms with E-state index in [0.29, 0.717) is 17.9 Å². The van der Waals surface area contributed by atoms with Crippen molar-refractivity contribution < 1.29 is 4.39 Å². The molecule has 4 rings (SSSR count). The van der Waals surface area contributed by atoms with Crippen molar-refractivity contribution in [2.24, 2.45) is 11.8 Å². The Morgan fingerprint density at radius 3 is 2.58 bits per heavy atom. The fraction of sp³-hybridized carbons (Fsp3) is 0.450. The van der Waals surface area contributed by atoms with Gasteiger partial charge in [0.15, 0.2) is 0 Å². The van der Waals surface area contributed by atoms with Crippen LogP contribution in [-0.2, 0) is 6.54 Å². The molecule has 0 amide bonds. The lowest BCUT2D eigenvalue weighted by molar-refractivity contribution is 0.223. The van der Waals surface area contributed by atoms with Crippen molar-refractivity contribution in [3.05, 3.63) is 65.2 Å². The highest BCUT2D eigenvalue weighted by molar-refractivity contribution is 5.85. The minimum absolute atomic E-state index is 0. The van der Waals surface area contributed by atoms with Crippen LogP contribution in [0.2, 0.25) is 0 Å². The largest absolute Gasteiger partial charge is 0.299 e. The fourth-order valence-corrected chi connectivity index (χ4v) is 4.59. The van der Waals surface area contributed by atoms with E-state index in [1.165, 1.54) is 6.07 Å². The van der Waals surface area contributed by atoms with Crippen molar-refractivity contribution in [2.45, 2.75) is 19.5 Å². The Kier molecular flexibility index (Phi) is 7.03. The molecule has 2 aliphatic heterocycles. The maximum absolute atomic E-state index is 13.7. The first-order valence-corrected chi connectivity index (χ1v) is 8.71. The van der Waals surface area contributed by atoms with Gasteiger partial charge in [0.05, 0.1) is 5.69 Å². The number of pyridine rings is 1. The van der Waals surface area contributed by atoms with Gasteiger partial charge in [0.25, 0.3) is 0 Å². The van der Waals surface area contributed by atoms with Gasteiger partial charge in [0.1, 0.15) is 5.82 Å². The zero-order valence-corrected chi connectivity index (χ0v) is 16.8. The number of likely N-dealkylation sites (tertiary alicyclic amines) is 2. The second-order valence-corrected chi connectivity index (χ2v) is 7.33. The number of halogens is 3. The van der Waals surface area contributed by atoms with Gasteiger partial charge in [-0.25, -0.2) is 4.39 Å². The standard InChI is InChI=1S/C20H24FN3.2ClH/c1-14-5-3-8-18(22-14)12-24-11-16-10-23(2)20(19(16)13-24)15-6-4-7-17(21)9-15;;/h3-9,16,19-20H,10-13H2,1-2H3;2*1H/t16-,19+,20-;;/m0../s1. The Hall–Kier alpha value is -1.20. The smallest absolute Gasteiger partial charge is 0.123 e. The molecule has 2 aliphatic rings. The van der Waals surface area contributed by atoms with Crippen molar-refractivity contribution >= 4 is 24.8 Å². The summed E-state index contributed by atoms with van der Waals surface area (Å²) < 4.78 is 13.7. The summed E-state index contributed by atoms with van der Waals surface area (Å²) in [5.74, 6) is 1.10. The molecule has 0 N–H and O–H groups in total. The van der Waals surface area contributed by atoms with Crippen molar-refractivity contribution in [2.75, 3.05) is 26.7 Å². The van der Waals surface area contributed by atoms with Crippen LogP contribution >= 0.6 is 24.8 Å². The van der Waals surface area contributed by atoms with Gasteiger partial charge in [-0.3, -0.25) is 14.8 Å². The molecule has 1 aromatic carbocycles. The molecule has 142 valence electrons. The van der Waals surface area contributed by atoms with Crippen LogP contribution in [0, 0.1) is 24.6 Å². The summed E-state index contributed by atoms with van der Waals surface area (Å²) in [4.78, 5) is 9.54. The van der Waals surface area contributed by atoms with E-state index in [-0.39, 0.29) is 30.6 Å². The molecule has 26 heavy (non-hydrogen) atoms. The third-order valence-corrected chi connectivity index (χ3v) is 5.49. The van der Waals surface area contributed by atoms with Gasteiger partial charge in [-0.15, -0.1) is 24.8 Å². The third kappa shape index (κ3) is 4.20. The Morgan fingerprint density at radius 1 is 1.08 bits per heavy atom. The number of aryl methyl sites for hydroxylation is 1. The van der Waals surface area contributed by atoms with E-state index in [1.807, 2.05) is 19.1 Å². The second-order valence-electron chi connectivity index (χ2n) is 7.33. The molecule has 0 unspecified atom stereocenters. The Morgan fingerprint density at radius 2 is 1.85 bits per heavy atom. The van der Waals surface area contributed by atoms with E-state index in [1.54, 1.807) is 6.07 Å². The molecule has 0 spiro atoms. The van der Waals surface area contributed by atoms with Crippen LogP contribution < -0.4 is 0 Å². The SMILES string of the molecule is Cc1cccc(CN2C[C@@H]3CN(C)[C@@H](c4cccc(F)c4)[C@@H]3C2)n1.Cl.Cl. The van der Waals surface area contributed by atoms with Crippen LogP contribution in [-0.4, -0.2) is 41.5 Å².